The fourth-order valence-corrected chi connectivity index (χ4v) is 2.46. The number of aryl methyl sites for hydroxylation is 2. The van der Waals surface area contributed by atoms with Gasteiger partial charge in [-0.2, -0.15) is 0 Å². The van der Waals surface area contributed by atoms with Crippen molar-refractivity contribution in [1.29, 1.82) is 0 Å². The van der Waals surface area contributed by atoms with Crippen LogP contribution in [0.1, 0.15) is 25.0 Å². The Morgan fingerprint density at radius 3 is 1.36 bits per heavy atom. The molecule has 2 aromatic carbocycles. The van der Waals surface area contributed by atoms with E-state index < -0.39 is 0 Å². The van der Waals surface area contributed by atoms with Crippen LogP contribution in [0.2, 0.25) is 0 Å². The average molecular weight is 302 g/mol. The second-order valence-corrected chi connectivity index (χ2v) is 5.10. The van der Waals surface area contributed by atoms with Crippen LogP contribution in [0.15, 0.2) is 24.3 Å². The average Bonchev–Trinajstić information content (AvgIpc) is 2.55. The Labute approximate surface area is 130 Å². The molecule has 0 saturated carbocycles. The summed E-state index contributed by atoms with van der Waals surface area (Å²) in [7, 11) is 3.03. The highest BCUT2D eigenvalue weighted by Gasteiger charge is 2.18. The van der Waals surface area contributed by atoms with Crippen molar-refractivity contribution in [3.63, 3.8) is 0 Å². The van der Waals surface area contributed by atoms with Crippen molar-refractivity contribution in [3.05, 3.63) is 35.4 Å². The zero-order valence-corrected chi connectivity index (χ0v) is 13.4. The number of phenols is 2. The van der Waals surface area contributed by atoms with Gasteiger partial charge in [-0.1, -0.05) is 13.8 Å². The van der Waals surface area contributed by atoms with Crippen LogP contribution in [0.25, 0.3) is 11.1 Å². The number of ether oxygens (including phenoxy) is 2. The van der Waals surface area contributed by atoms with E-state index in [0.717, 1.165) is 24.0 Å². The maximum atomic E-state index is 10.4. The summed E-state index contributed by atoms with van der Waals surface area (Å²) in [4.78, 5) is 0. The minimum Gasteiger partial charge on any atom is -0.504 e. The molecule has 0 aliphatic heterocycles. The van der Waals surface area contributed by atoms with E-state index in [1.54, 1.807) is 12.1 Å². The van der Waals surface area contributed by atoms with E-state index in [9.17, 15) is 10.2 Å². The number of aromatic hydroxyl groups is 2. The zero-order valence-electron chi connectivity index (χ0n) is 13.4. The van der Waals surface area contributed by atoms with Crippen molar-refractivity contribution in [1.82, 2.24) is 0 Å². The van der Waals surface area contributed by atoms with Gasteiger partial charge in [0.25, 0.3) is 0 Å². The molecule has 22 heavy (non-hydrogen) atoms. The van der Waals surface area contributed by atoms with Crippen molar-refractivity contribution in [2.24, 2.45) is 0 Å². The summed E-state index contributed by atoms with van der Waals surface area (Å²) in [6.07, 6.45) is 1.60. The summed E-state index contributed by atoms with van der Waals surface area (Å²) in [5.41, 5.74) is 3.12. The number of hydrogen-bond donors (Lipinski definition) is 2. The molecule has 0 saturated heterocycles. The molecule has 2 N–H and O–H groups in total. The molecule has 4 nitrogen and oxygen atoms in total. The van der Waals surface area contributed by atoms with Crippen LogP contribution in [-0.2, 0) is 12.8 Å². The number of benzene rings is 2. The normalized spacial score (nSPS) is 10.5. The molecular formula is C18H22O4. The molecule has 0 spiro atoms. The quantitative estimate of drug-likeness (QED) is 0.879. The van der Waals surface area contributed by atoms with Gasteiger partial charge in [-0.25, -0.2) is 0 Å². The van der Waals surface area contributed by atoms with Gasteiger partial charge in [0.05, 0.1) is 14.2 Å². The minimum absolute atomic E-state index is 0.0188. The smallest absolute Gasteiger partial charge is 0.165 e. The molecule has 0 aromatic heterocycles. The first kappa shape index (κ1) is 16.0. The first-order valence-corrected chi connectivity index (χ1v) is 7.35. The van der Waals surface area contributed by atoms with Gasteiger partial charge in [-0.15, -0.1) is 0 Å². The predicted molar refractivity (Wildman–Crippen MR) is 87.1 cm³/mol. The topological polar surface area (TPSA) is 58.9 Å². The zero-order chi connectivity index (χ0) is 16.3. The molecule has 118 valence electrons. The van der Waals surface area contributed by atoms with Crippen LogP contribution in [0.4, 0.5) is 0 Å². The van der Waals surface area contributed by atoms with Gasteiger partial charge in [0.1, 0.15) is 0 Å². The van der Waals surface area contributed by atoms with Crippen molar-refractivity contribution < 1.29 is 19.7 Å². The Bertz CT molecular complexity index is 618. The summed E-state index contributed by atoms with van der Waals surface area (Å²) in [5, 5.41) is 20.9. The third-order valence-corrected chi connectivity index (χ3v) is 3.82. The predicted octanol–water partition coefficient (Wildman–Crippen LogP) is 3.91. The maximum Gasteiger partial charge on any atom is 0.165 e. The second-order valence-electron chi connectivity index (χ2n) is 5.10. The Balaban J connectivity index is 2.75. The van der Waals surface area contributed by atoms with Gasteiger partial charge in [-0.05, 0) is 48.2 Å². The SMILES string of the molecule is CCc1cc(OC)c(O)c(-c2cc(CC)cc(OC)c2O)c1. The molecule has 0 bridgehead atoms. The lowest BCUT2D eigenvalue weighted by Crippen LogP contribution is -1.94. The fraction of sp³-hybridized carbons (Fsp3) is 0.333. The van der Waals surface area contributed by atoms with E-state index in [4.69, 9.17) is 9.47 Å². The fourth-order valence-electron chi connectivity index (χ4n) is 2.46. The summed E-state index contributed by atoms with van der Waals surface area (Å²) < 4.78 is 10.5. The monoisotopic (exact) mass is 302 g/mol. The molecule has 2 aromatic rings. The van der Waals surface area contributed by atoms with Crippen molar-refractivity contribution in [2.45, 2.75) is 26.7 Å². The molecule has 4 heteroatoms. The standard InChI is InChI=1S/C18H22O4/c1-5-11-7-13(17(19)15(9-11)21-3)14-8-12(6-2)10-16(22-4)18(14)20/h7-10,19-20H,5-6H2,1-4H3. The molecule has 0 atom stereocenters. The highest BCUT2D eigenvalue weighted by atomic mass is 16.5. The third kappa shape index (κ3) is 2.82. The molecular weight excluding hydrogens is 280 g/mol. The number of hydrogen-bond acceptors (Lipinski definition) is 4. The van der Waals surface area contributed by atoms with E-state index in [1.165, 1.54) is 14.2 Å². The van der Waals surface area contributed by atoms with Crippen LogP contribution < -0.4 is 9.47 Å². The van der Waals surface area contributed by atoms with Crippen LogP contribution in [0.5, 0.6) is 23.0 Å². The molecule has 0 heterocycles. The first-order chi connectivity index (χ1) is 10.5. The van der Waals surface area contributed by atoms with Crippen molar-refractivity contribution >= 4 is 0 Å². The van der Waals surface area contributed by atoms with Gasteiger partial charge < -0.3 is 19.7 Å². The lowest BCUT2D eigenvalue weighted by atomic mass is 9.96. The number of methoxy groups -OCH3 is 2. The minimum atomic E-state index is 0.0188. The molecule has 2 rings (SSSR count). The highest BCUT2D eigenvalue weighted by molar-refractivity contribution is 5.81. The van der Waals surface area contributed by atoms with Crippen LogP contribution in [-0.4, -0.2) is 24.4 Å². The summed E-state index contributed by atoms with van der Waals surface area (Å²) >= 11 is 0. The first-order valence-electron chi connectivity index (χ1n) is 7.35. The van der Waals surface area contributed by atoms with Gasteiger partial charge in [-0.3, -0.25) is 0 Å². The molecule has 0 aliphatic rings. The summed E-state index contributed by atoms with van der Waals surface area (Å²) in [5.74, 6) is 0.833. The van der Waals surface area contributed by atoms with E-state index in [1.807, 2.05) is 26.0 Å². The van der Waals surface area contributed by atoms with E-state index in [2.05, 4.69) is 0 Å². The molecule has 0 amide bonds. The van der Waals surface area contributed by atoms with E-state index >= 15 is 0 Å². The Hall–Kier alpha value is -2.36. The van der Waals surface area contributed by atoms with Gasteiger partial charge >= 0.3 is 0 Å². The summed E-state index contributed by atoms with van der Waals surface area (Å²) in [6.45, 7) is 4.05. The number of rotatable bonds is 5. The highest BCUT2D eigenvalue weighted by Crippen LogP contribution is 2.45. The maximum absolute atomic E-state index is 10.4. The molecule has 0 radical (unpaired) electrons. The van der Waals surface area contributed by atoms with Crippen LogP contribution >= 0.6 is 0 Å². The van der Waals surface area contributed by atoms with E-state index in [-0.39, 0.29) is 11.5 Å². The van der Waals surface area contributed by atoms with Gasteiger partial charge in [0.2, 0.25) is 0 Å². The van der Waals surface area contributed by atoms with Crippen LogP contribution in [0, 0.1) is 0 Å². The molecule has 0 fully saturated rings. The molecule has 0 unspecified atom stereocenters. The lowest BCUT2D eigenvalue weighted by Gasteiger charge is -2.15. The van der Waals surface area contributed by atoms with Gasteiger partial charge in [0.15, 0.2) is 23.0 Å². The van der Waals surface area contributed by atoms with Crippen LogP contribution in [0.3, 0.4) is 0 Å². The number of phenolic OH excluding ortho intramolecular Hbond substituents is 2. The van der Waals surface area contributed by atoms with Crippen molar-refractivity contribution in [2.75, 3.05) is 14.2 Å². The molecule has 0 aliphatic carbocycles. The third-order valence-electron chi connectivity index (χ3n) is 3.82. The Morgan fingerprint density at radius 2 is 1.09 bits per heavy atom. The summed E-state index contributed by atoms with van der Waals surface area (Å²) in [6, 6.07) is 7.34. The second kappa shape index (κ2) is 6.60. The lowest BCUT2D eigenvalue weighted by molar-refractivity contribution is 0.370. The van der Waals surface area contributed by atoms with Crippen molar-refractivity contribution in [3.8, 4) is 34.1 Å². The Kier molecular flexibility index (Phi) is 4.81. The Morgan fingerprint density at radius 1 is 0.727 bits per heavy atom. The largest absolute Gasteiger partial charge is 0.504 e. The van der Waals surface area contributed by atoms with E-state index in [0.29, 0.717) is 22.6 Å². The van der Waals surface area contributed by atoms with Gasteiger partial charge in [0, 0.05) is 11.1 Å².